The molecule has 0 spiro atoms. The van der Waals surface area contributed by atoms with Gasteiger partial charge < -0.3 is 5.73 Å². The Labute approximate surface area is 117 Å². The molecule has 1 atom stereocenters. The van der Waals surface area contributed by atoms with Gasteiger partial charge >= 0.3 is 0 Å². The van der Waals surface area contributed by atoms with Crippen LogP contribution in [0.4, 0.5) is 5.69 Å². The summed E-state index contributed by atoms with van der Waals surface area (Å²) >= 11 is 3.45. The monoisotopic (exact) mass is 309 g/mol. The molecule has 2 nitrogen and oxygen atoms in total. The third kappa shape index (κ3) is 2.61. The molecule has 3 heteroatoms. The number of hydrogen-bond acceptors (Lipinski definition) is 2. The summed E-state index contributed by atoms with van der Waals surface area (Å²) in [5.74, 6) is 0.387. The predicted molar refractivity (Wildman–Crippen MR) is 78.6 cm³/mol. The summed E-state index contributed by atoms with van der Waals surface area (Å²) in [4.78, 5) is 12.7. The van der Waals surface area contributed by atoms with Crippen molar-refractivity contribution in [2.45, 2.75) is 39.5 Å². The molecule has 0 heterocycles. The number of nitrogen functional groups attached to an aromatic ring is 1. The van der Waals surface area contributed by atoms with Crippen LogP contribution in [-0.2, 0) is 0 Å². The van der Waals surface area contributed by atoms with Crippen molar-refractivity contribution in [1.29, 1.82) is 0 Å². The standard InChI is InChI=1S/C15H20BrNO/c1-15(2)8-4-3-5-12(15)14(18)11-7-6-10(17)9-13(11)16/h6-7,9,12H,3-5,8,17H2,1-2H3. The van der Waals surface area contributed by atoms with Crippen LogP contribution in [0.5, 0.6) is 0 Å². The van der Waals surface area contributed by atoms with Crippen molar-refractivity contribution in [1.82, 2.24) is 0 Å². The van der Waals surface area contributed by atoms with E-state index in [-0.39, 0.29) is 17.1 Å². The fraction of sp³-hybridized carbons (Fsp3) is 0.533. The van der Waals surface area contributed by atoms with Crippen LogP contribution in [0, 0.1) is 11.3 Å². The van der Waals surface area contributed by atoms with Crippen molar-refractivity contribution in [3.8, 4) is 0 Å². The minimum atomic E-state index is 0.107. The largest absolute Gasteiger partial charge is 0.399 e. The smallest absolute Gasteiger partial charge is 0.167 e. The van der Waals surface area contributed by atoms with E-state index in [4.69, 9.17) is 5.73 Å². The van der Waals surface area contributed by atoms with Gasteiger partial charge in [0.15, 0.2) is 5.78 Å². The second kappa shape index (κ2) is 5.04. The molecule has 98 valence electrons. The summed E-state index contributed by atoms with van der Waals surface area (Å²) in [7, 11) is 0. The second-order valence-electron chi connectivity index (χ2n) is 5.89. The maximum Gasteiger partial charge on any atom is 0.167 e. The lowest BCUT2D eigenvalue weighted by Crippen LogP contribution is -2.34. The number of carbonyl (C=O) groups is 1. The summed E-state index contributed by atoms with van der Waals surface area (Å²) in [6.07, 6.45) is 4.53. The topological polar surface area (TPSA) is 43.1 Å². The quantitative estimate of drug-likeness (QED) is 0.648. The maximum absolute atomic E-state index is 12.7. The third-order valence-corrected chi connectivity index (χ3v) is 4.74. The van der Waals surface area contributed by atoms with E-state index in [0.29, 0.717) is 5.69 Å². The van der Waals surface area contributed by atoms with Gasteiger partial charge in [-0.1, -0.05) is 26.7 Å². The predicted octanol–water partition coefficient (Wildman–Crippen LogP) is 4.43. The highest BCUT2D eigenvalue weighted by Gasteiger charge is 2.37. The molecule has 0 aromatic heterocycles. The molecule has 1 aromatic rings. The minimum absolute atomic E-state index is 0.107. The van der Waals surface area contributed by atoms with Crippen molar-refractivity contribution in [3.63, 3.8) is 0 Å². The second-order valence-corrected chi connectivity index (χ2v) is 6.74. The third-order valence-electron chi connectivity index (χ3n) is 4.08. The van der Waals surface area contributed by atoms with Crippen molar-refractivity contribution < 1.29 is 4.79 Å². The van der Waals surface area contributed by atoms with Gasteiger partial charge in [-0.2, -0.15) is 0 Å². The molecule has 1 aromatic carbocycles. The Morgan fingerprint density at radius 1 is 1.39 bits per heavy atom. The number of nitrogens with two attached hydrogens (primary N) is 1. The molecule has 1 aliphatic rings. The lowest BCUT2D eigenvalue weighted by Gasteiger charge is -2.37. The highest BCUT2D eigenvalue weighted by molar-refractivity contribution is 9.10. The van der Waals surface area contributed by atoms with Crippen LogP contribution in [0.15, 0.2) is 22.7 Å². The normalized spacial score (nSPS) is 22.7. The molecule has 1 unspecified atom stereocenters. The minimum Gasteiger partial charge on any atom is -0.399 e. The highest BCUT2D eigenvalue weighted by atomic mass is 79.9. The fourth-order valence-electron chi connectivity index (χ4n) is 2.90. The molecule has 2 rings (SSSR count). The first-order valence-electron chi connectivity index (χ1n) is 6.51. The molecule has 0 saturated heterocycles. The van der Waals surface area contributed by atoms with Gasteiger partial charge in [0.25, 0.3) is 0 Å². The number of carbonyl (C=O) groups excluding carboxylic acids is 1. The number of rotatable bonds is 2. The Kier molecular flexibility index (Phi) is 3.81. The molecule has 0 amide bonds. The summed E-state index contributed by atoms with van der Waals surface area (Å²) in [6, 6.07) is 5.45. The number of Topliss-reactive ketones (excluding diaryl/α,β-unsaturated/α-hetero) is 1. The van der Waals surface area contributed by atoms with E-state index in [1.54, 1.807) is 6.07 Å². The average Bonchev–Trinajstić information content (AvgIpc) is 2.27. The van der Waals surface area contributed by atoms with Crippen molar-refractivity contribution in [2.75, 3.05) is 5.73 Å². The van der Waals surface area contributed by atoms with Crippen molar-refractivity contribution in [2.24, 2.45) is 11.3 Å². The molecule has 0 radical (unpaired) electrons. The van der Waals surface area contributed by atoms with Crippen LogP contribution in [0.25, 0.3) is 0 Å². The summed E-state index contributed by atoms with van der Waals surface area (Å²) in [6.45, 7) is 4.42. The Bertz CT molecular complexity index is 468. The molecule has 2 N–H and O–H groups in total. The maximum atomic E-state index is 12.7. The molecule has 0 aliphatic heterocycles. The van der Waals surface area contributed by atoms with E-state index in [2.05, 4.69) is 29.8 Å². The lowest BCUT2D eigenvalue weighted by atomic mass is 9.66. The van der Waals surface area contributed by atoms with Gasteiger partial charge in [0, 0.05) is 21.6 Å². The van der Waals surface area contributed by atoms with Gasteiger partial charge in [-0.15, -0.1) is 0 Å². The van der Waals surface area contributed by atoms with Gasteiger partial charge in [0.1, 0.15) is 0 Å². The van der Waals surface area contributed by atoms with E-state index >= 15 is 0 Å². The van der Waals surface area contributed by atoms with E-state index in [9.17, 15) is 4.79 Å². The number of ketones is 1. The number of benzene rings is 1. The summed E-state index contributed by atoms with van der Waals surface area (Å²) in [5, 5.41) is 0. The highest BCUT2D eigenvalue weighted by Crippen LogP contribution is 2.42. The van der Waals surface area contributed by atoms with E-state index in [1.165, 1.54) is 6.42 Å². The van der Waals surface area contributed by atoms with Crippen molar-refractivity contribution >= 4 is 27.4 Å². The lowest BCUT2D eigenvalue weighted by molar-refractivity contribution is 0.0696. The first-order valence-corrected chi connectivity index (χ1v) is 7.30. The zero-order valence-corrected chi connectivity index (χ0v) is 12.6. The summed E-state index contributed by atoms with van der Waals surface area (Å²) in [5.41, 5.74) is 7.27. The Hall–Kier alpha value is -0.830. The van der Waals surface area contributed by atoms with E-state index < -0.39 is 0 Å². The van der Waals surface area contributed by atoms with Crippen LogP contribution in [0.3, 0.4) is 0 Å². The van der Waals surface area contributed by atoms with Gasteiger partial charge in [-0.3, -0.25) is 4.79 Å². The number of anilines is 1. The average molecular weight is 310 g/mol. The Morgan fingerprint density at radius 3 is 2.72 bits per heavy atom. The van der Waals surface area contributed by atoms with Crippen LogP contribution < -0.4 is 5.73 Å². The summed E-state index contributed by atoms with van der Waals surface area (Å²) < 4.78 is 0.814. The Morgan fingerprint density at radius 2 is 2.11 bits per heavy atom. The fourth-order valence-corrected chi connectivity index (χ4v) is 3.49. The molecular weight excluding hydrogens is 290 g/mol. The van der Waals surface area contributed by atoms with Crippen molar-refractivity contribution in [3.05, 3.63) is 28.2 Å². The zero-order chi connectivity index (χ0) is 13.3. The first-order chi connectivity index (χ1) is 8.42. The van der Waals surface area contributed by atoms with E-state index in [0.717, 1.165) is 29.3 Å². The Balaban J connectivity index is 2.30. The molecule has 1 saturated carbocycles. The first kappa shape index (κ1) is 13.6. The van der Waals surface area contributed by atoms with Gasteiger partial charge in [-0.05, 0) is 52.4 Å². The van der Waals surface area contributed by atoms with Gasteiger partial charge in [0.2, 0.25) is 0 Å². The molecule has 18 heavy (non-hydrogen) atoms. The number of hydrogen-bond donors (Lipinski definition) is 1. The molecule has 1 fully saturated rings. The molecule has 1 aliphatic carbocycles. The van der Waals surface area contributed by atoms with Crippen LogP contribution >= 0.6 is 15.9 Å². The number of halogens is 1. The van der Waals surface area contributed by atoms with Crippen LogP contribution in [-0.4, -0.2) is 5.78 Å². The van der Waals surface area contributed by atoms with Gasteiger partial charge in [0.05, 0.1) is 0 Å². The molecule has 0 bridgehead atoms. The zero-order valence-electron chi connectivity index (χ0n) is 11.0. The van der Waals surface area contributed by atoms with Crippen LogP contribution in [0.2, 0.25) is 0 Å². The van der Waals surface area contributed by atoms with Crippen LogP contribution in [0.1, 0.15) is 49.9 Å². The SMILES string of the molecule is CC1(C)CCCCC1C(=O)c1ccc(N)cc1Br. The van der Waals surface area contributed by atoms with Gasteiger partial charge in [-0.25, -0.2) is 0 Å². The van der Waals surface area contributed by atoms with E-state index in [1.807, 2.05) is 12.1 Å². The molecular formula is C15H20BrNO.